The first-order chi connectivity index (χ1) is 9.05. The lowest BCUT2D eigenvalue weighted by Gasteiger charge is -2.24. The molecule has 1 atom stereocenters. The molecule has 1 aromatic carbocycles. The van der Waals surface area contributed by atoms with Crippen molar-refractivity contribution in [1.82, 2.24) is 5.32 Å². The Morgan fingerprint density at radius 1 is 1.20 bits per heavy atom. The summed E-state index contributed by atoms with van der Waals surface area (Å²) in [6.45, 7) is 7.57. The Bertz CT molecular complexity index is 568. The number of hydrogen-bond donors (Lipinski definition) is 1. The molecule has 0 saturated carbocycles. The third-order valence-corrected chi connectivity index (χ3v) is 4.23. The Kier molecular flexibility index (Phi) is 4.97. The minimum absolute atomic E-state index is 0.0171. The topological polar surface area (TPSA) is 63.2 Å². The molecule has 0 aliphatic carbocycles. The second kappa shape index (κ2) is 5.95. The van der Waals surface area contributed by atoms with Gasteiger partial charge in [0, 0.05) is 11.7 Å². The van der Waals surface area contributed by atoms with E-state index in [0.29, 0.717) is 4.90 Å². The van der Waals surface area contributed by atoms with Gasteiger partial charge in [0.1, 0.15) is 0 Å². The summed E-state index contributed by atoms with van der Waals surface area (Å²) in [5.74, 6) is -0.0171. The van der Waals surface area contributed by atoms with Gasteiger partial charge < -0.3 is 5.32 Å². The van der Waals surface area contributed by atoms with Crippen molar-refractivity contribution < 1.29 is 13.2 Å². The van der Waals surface area contributed by atoms with Gasteiger partial charge in [0.15, 0.2) is 9.84 Å². The molecule has 5 heteroatoms. The summed E-state index contributed by atoms with van der Waals surface area (Å²) < 4.78 is 22.8. The first-order valence-electron chi connectivity index (χ1n) is 6.66. The number of carbonyl (C=O) groups excluding carboxylic acids is 1. The lowest BCUT2D eigenvalue weighted by atomic mass is 9.94. The summed E-state index contributed by atoms with van der Waals surface area (Å²) in [5, 5.41) is 2.99. The van der Waals surface area contributed by atoms with E-state index in [2.05, 4.69) is 5.32 Å². The van der Waals surface area contributed by atoms with E-state index in [1.807, 2.05) is 27.7 Å². The molecule has 0 unspecified atom stereocenters. The zero-order valence-corrected chi connectivity index (χ0v) is 13.5. The molecule has 0 radical (unpaired) electrons. The van der Waals surface area contributed by atoms with Gasteiger partial charge in [0.25, 0.3) is 0 Å². The molecule has 20 heavy (non-hydrogen) atoms. The van der Waals surface area contributed by atoms with Crippen LogP contribution in [0.2, 0.25) is 0 Å². The second-order valence-corrected chi connectivity index (χ2v) is 8.04. The fourth-order valence-electron chi connectivity index (χ4n) is 1.74. The zero-order valence-electron chi connectivity index (χ0n) is 12.7. The zero-order chi connectivity index (χ0) is 15.6. The van der Waals surface area contributed by atoms with E-state index in [-0.39, 0.29) is 11.9 Å². The lowest BCUT2D eigenvalue weighted by molar-refractivity contribution is -0.129. The van der Waals surface area contributed by atoms with Crippen molar-refractivity contribution in [1.29, 1.82) is 0 Å². The second-order valence-electron chi connectivity index (χ2n) is 6.03. The molecule has 0 fully saturated rings. The van der Waals surface area contributed by atoms with Crippen LogP contribution < -0.4 is 5.32 Å². The number of amides is 1. The molecule has 0 saturated heterocycles. The van der Waals surface area contributed by atoms with Gasteiger partial charge in [-0.15, -0.1) is 0 Å². The van der Waals surface area contributed by atoms with E-state index in [9.17, 15) is 13.2 Å². The third-order valence-electron chi connectivity index (χ3n) is 3.11. The van der Waals surface area contributed by atoms with E-state index in [1.54, 1.807) is 24.3 Å². The smallest absolute Gasteiger partial charge is 0.225 e. The van der Waals surface area contributed by atoms with Crippen LogP contribution >= 0.6 is 0 Å². The molecule has 0 bridgehead atoms. The van der Waals surface area contributed by atoms with Crippen LogP contribution in [0.4, 0.5) is 0 Å². The predicted octanol–water partition coefficient (Wildman–Crippen LogP) is 2.70. The summed E-state index contributed by atoms with van der Waals surface area (Å²) in [5.41, 5.74) is 0.470. The molecule has 112 valence electrons. The van der Waals surface area contributed by atoms with Crippen LogP contribution in [0.3, 0.4) is 0 Å². The molecule has 0 spiro atoms. The number of hydrogen-bond acceptors (Lipinski definition) is 3. The maximum absolute atomic E-state index is 12.0. The van der Waals surface area contributed by atoms with E-state index in [4.69, 9.17) is 0 Å². The predicted molar refractivity (Wildman–Crippen MR) is 80.2 cm³/mol. The number of rotatable bonds is 4. The molecular weight excluding hydrogens is 274 g/mol. The number of sulfone groups is 1. The molecule has 0 heterocycles. The van der Waals surface area contributed by atoms with E-state index in [1.165, 1.54) is 6.26 Å². The maximum atomic E-state index is 12.0. The highest BCUT2D eigenvalue weighted by Gasteiger charge is 2.24. The van der Waals surface area contributed by atoms with Gasteiger partial charge >= 0.3 is 0 Å². The van der Waals surface area contributed by atoms with Crippen LogP contribution in [0.1, 0.15) is 45.7 Å². The van der Waals surface area contributed by atoms with Gasteiger partial charge in [-0.05, 0) is 24.1 Å². The molecule has 1 aromatic rings. The summed E-state index contributed by atoms with van der Waals surface area (Å²) in [7, 11) is -3.19. The van der Waals surface area contributed by atoms with Crippen molar-refractivity contribution in [2.24, 2.45) is 5.41 Å². The number of carbonyl (C=O) groups is 1. The first kappa shape index (κ1) is 16.7. The fraction of sp³-hybridized carbons (Fsp3) is 0.533. The van der Waals surface area contributed by atoms with Crippen LogP contribution in [-0.4, -0.2) is 20.6 Å². The first-order valence-corrected chi connectivity index (χ1v) is 8.56. The van der Waals surface area contributed by atoms with Gasteiger partial charge in [-0.1, -0.05) is 39.8 Å². The molecule has 0 aromatic heterocycles. The van der Waals surface area contributed by atoms with Gasteiger partial charge in [-0.2, -0.15) is 0 Å². The lowest BCUT2D eigenvalue weighted by Crippen LogP contribution is -2.37. The third kappa shape index (κ3) is 4.34. The number of nitrogens with one attached hydrogen (secondary N) is 1. The van der Waals surface area contributed by atoms with Crippen molar-refractivity contribution >= 4 is 15.7 Å². The minimum atomic E-state index is -3.19. The SMILES string of the molecule is CC[C@H](NC(=O)C(C)(C)C)c1ccc(S(C)(=O)=O)cc1. The fourth-order valence-corrected chi connectivity index (χ4v) is 2.37. The summed E-state index contributed by atoms with van der Waals surface area (Å²) in [4.78, 5) is 12.3. The summed E-state index contributed by atoms with van der Waals surface area (Å²) in [6, 6.07) is 6.57. The van der Waals surface area contributed by atoms with E-state index >= 15 is 0 Å². The molecule has 0 aliphatic heterocycles. The Morgan fingerprint density at radius 3 is 2.05 bits per heavy atom. The molecular formula is C15H23NO3S. The van der Waals surface area contributed by atoms with Crippen molar-refractivity contribution in [3.8, 4) is 0 Å². The molecule has 0 aliphatic rings. The van der Waals surface area contributed by atoms with Crippen molar-refractivity contribution in [3.63, 3.8) is 0 Å². The minimum Gasteiger partial charge on any atom is -0.349 e. The Hall–Kier alpha value is -1.36. The normalized spacial score (nSPS) is 13.8. The van der Waals surface area contributed by atoms with Gasteiger partial charge in [0.05, 0.1) is 10.9 Å². The van der Waals surface area contributed by atoms with Crippen molar-refractivity contribution in [2.75, 3.05) is 6.26 Å². The van der Waals surface area contributed by atoms with Crippen molar-refractivity contribution in [2.45, 2.75) is 45.1 Å². The van der Waals surface area contributed by atoms with Crippen LogP contribution in [0, 0.1) is 5.41 Å². The van der Waals surface area contributed by atoms with E-state index in [0.717, 1.165) is 12.0 Å². The largest absolute Gasteiger partial charge is 0.349 e. The van der Waals surface area contributed by atoms with Gasteiger partial charge in [-0.3, -0.25) is 4.79 Å². The van der Waals surface area contributed by atoms with Crippen LogP contribution in [0.25, 0.3) is 0 Å². The van der Waals surface area contributed by atoms with Crippen LogP contribution in [0.15, 0.2) is 29.2 Å². The summed E-state index contributed by atoms with van der Waals surface area (Å²) in [6.07, 6.45) is 1.93. The average molecular weight is 297 g/mol. The monoisotopic (exact) mass is 297 g/mol. The molecule has 4 nitrogen and oxygen atoms in total. The highest BCUT2D eigenvalue weighted by molar-refractivity contribution is 7.90. The van der Waals surface area contributed by atoms with Gasteiger partial charge in [-0.25, -0.2) is 8.42 Å². The van der Waals surface area contributed by atoms with Gasteiger partial charge in [0.2, 0.25) is 5.91 Å². The Balaban J connectivity index is 2.94. The average Bonchev–Trinajstić information content (AvgIpc) is 2.33. The highest BCUT2D eigenvalue weighted by atomic mass is 32.2. The number of benzene rings is 1. The quantitative estimate of drug-likeness (QED) is 0.929. The Labute approximate surface area is 121 Å². The molecule has 1 amide bonds. The Morgan fingerprint density at radius 2 is 1.70 bits per heavy atom. The standard InChI is InChI=1S/C15H23NO3S/c1-6-13(16-14(17)15(2,3)4)11-7-9-12(10-8-11)20(5,18)19/h7-10,13H,6H2,1-5H3,(H,16,17)/t13-/m0/s1. The van der Waals surface area contributed by atoms with Crippen LogP contribution in [0.5, 0.6) is 0 Å². The summed E-state index contributed by atoms with van der Waals surface area (Å²) >= 11 is 0. The molecule has 1 rings (SSSR count). The molecule has 1 N–H and O–H groups in total. The maximum Gasteiger partial charge on any atom is 0.225 e. The van der Waals surface area contributed by atoms with E-state index < -0.39 is 15.3 Å². The highest BCUT2D eigenvalue weighted by Crippen LogP contribution is 2.22. The van der Waals surface area contributed by atoms with Crippen LogP contribution in [-0.2, 0) is 14.6 Å². The van der Waals surface area contributed by atoms with Crippen molar-refractivity contribution in [3.05, 3.63) is 29.8 Å².